The van der Waals surface area contributed by atoms with E-state index in [1.165, 1.54) is 5.56 Å². The number of rotatable bonds is 5. The number of pyridine rings is 2. The highest BCUT2D eigenvalue weighted by Gasteiger charge is 2.36. The van der Waals surface area contributed by atoms with E-state index in [9.17, 15) is 5.11 Å². The lowest BCUT2D eigenvalue weighted by molar-refractivity contribution is 0.0546. The number of fused-ring (bicyclic) bond motifs is 3. The molecule has 1 unspecified atom stereocenters. The Kier molecular flexibility index (Phi) is 5.84. The van der Waals surface area contributed by atoms with Gasteiger partial charge < -0.3 is 14.4 Å². The summed E-state index contributed by atoms with van der Waals surface area (Å²) in [5.41, 5.74) is 8.17. The van der Waals surface area contributed by atoms with Gasteiger partial charge in [0.05, 0.1) is 28.5 Å². The first-order chi connectivity index (χ1) is 18.2. The number of ether oxygens (including phenoxy) is 1. The van der Waals surface area contributed by atoms with Gasteiger partial charge in [0.15, 0.2) is 0 Å². The van der Waals surface area contributed by atoms with E-state index in [0.717, 1.165) is 70.6 Å². The van der Waals surface area contributed by atoms with E-state index >= 15 is 0 Å². The minimum Gasteiger partial charge on any atom is -0.384 e. The first kappa shape index (κ1) is 24.7. The van der Waals surface area contributed by atoms with Crippen molar-refractivity contribution in [1.82, 2.24) is 39.3 Å². The van der Waals surface area contributed by atoms with E-state index in [-0.39, 0.29) is 6.04 Å². The van der Waals surface area contributed by atoms with Crippen LogP contribution in [0.1, 0.15) is 55.2 Å². The summed E-state index contributed by atoms with van der Waals surface area (Å²) >= 11 is 0. The fourth-order valence-electron chi connectivity index (χ4n) is 6.05. The number of aryl methyl sites for hydroxylation is 4. The van der Waals surface area contributed by atoms with Crippen molar-refractivity contribution in [2.75, 3.05) is 13.2 Å². The molecule has 0 spiro atoms. The Morgan fingerprint density at radius 2 is 1.84 bits per heavy atom. The van der Waals surface area contributed by atoms with Gasteiger partial charge in [0.1, 0.15) is 22.3 Å². The summed E-state index contributed by atoms with van der Waals surface area (Å²) in [5, 5.41) is 24.6. The lowest BCUT2D eigenvalue weighted by Gasteiger charge is -2.34. The van der Waals surface area contributed by atoms with Gasteiger partial charge in [-0.1, -0.05) is 5.21 Å². The third-order valence-electron chi connectivity index (χ3n) is 7.85. The fraction of sp³-hybridized carbons (Fsp3) is 0.464. The van der Waals surface area contributed by atoms with Crippen LogP contribution >= 0.6 is 0 Å². The van der Waals surface area contributed by atoms with Gasteiger partial charge >= 0.3 is 0 Å². The molecule has 0 aliphatic carbocycles. The molecular weight excluding hydrogens is 480 g/mol. The first-order valence-corrected chi connectivity index (χ1v) is 13.1. The summed E-state index contributed by atoms with van der Waals surface area (Å²) in [7, 11) is 3.82. The van der Waals surface area contributed by atoms with Crippen LogP contribution in [0.25, 0.3) is 33.3 Å². The maximum absolute atomic E-state index is 11.3. The Morgan fingerprint density at radius 1 is 1.08 bits per heavy atom. The van der Waals surface area contributed by atoms with Crippen molar-refractivity contribution in [3.05, 3.63) is 53.2 Å². The van der Waals surface area contributed by atoms with Gasteiger partial charge in [0.25, 0.3) is 0 Å². The van der Waals surface area contributed by atoms with Crippen LogP contribution in [0.3, 0.4) is 0 Å². The number of aromatic nitrogens is 8. The van der Waals surface area contributed by atoms with Crippen LogP contribution in [0.2, 0.25) is 0 Å². The number of aliphatic hydroxyl groups is 1. The minimum atomic E-state index is -1.15. The maximum Gasteiger partial charge on any atom is 0.118 e. The lowest BCUT2D eigenvalue weighted by Crippen LogP contribution is -2.28. The average Bonchev–Trinajstić information content (AvgIpc) is 3.52. The SMILES string of the molecule is Cc1ccncc1C(C1CCOCC1)n1c2cc(-c3c(C)nnn3C)cnc2c2c1c(C(C)(C)O)nn2C. The van der Waals surface area contributed by atoms with E-state index < -0.39 is 5.60 Å². The second-order valence-electron chi connectivity index (χ2n) is 11.0. The van der Waals surface area contributed by atoms with Crippen molar-refractivity contribution < 1.29 is 9.84 Å². The smallest absolute Gasteiger partial charge is 0.118 e. The molecule has 0 saturated carbocycles. The lowest BCUT2D eigenvalue weighted by atomic mass is 9.85. The van der Waals surface area contributed by atoms with E-state index in [4.69, 9.17) is 14.8 Å². The molecule has 0 aromatic carbocycles. The average molecular weight is 515 g/mol. The highest BCUT2D eigenvalue weighted by molar-refractivity contribution is 6.06. The predicted octanol–water partition coefficient (Wildman–Crippen LogP) is 3.97. The van der Waals surface area contributed by atoms with Crippen LogP contribution in [0.15, 0.2) is 30.7 Å². The van der Waals surface area contributed by atoms with Crippen LogP contribution in [0.4, 0.5) is 0 Å². The molecule has 1 aliphatic rings. The molecule has 38 heavy (non-hydrogen) atoms. The molecule has 0 radical (unpaired) electrons. The Bertz CT molecular complexity index is 1630. The normalized spacial score (nSPS) is 16.1. The summed E-state index contributed by atoms with van der Waals surface area (Å²) in [6, 6.07) is 4.21. The maximum atomic E-state index is 11.3. The molecule has 198 valence electrons. The largest absolute Gasteiger partial charge is 0.384 e. The Hall–Kier alpha value is -3.63. The zero-order chi connectivity index (χ0) is 26.8. The number of nitrogens with zero attached hydrogens (tertiary/aromatic N) is 8. The van der Waals surface area contributed by atoms with E-state index in [0.29, 0.717) is 11.6 Å². The number of hydrogen-bond acceptors (Lipinski definition) is 7. The third-order valence-corrected chi connectivity index (χ3v) is 7.85. The predicted molar refractivity (Wildman–Crippen MR) is 145 cm³/mol. The van der Waals surface area contributed by atoms with E-state index in [1.807, 2.05) is 44.3 Å². The highest BCUT2D eigenvalue weighted by Crippen LogP contribution is 2.44. The molecule has 1 fully saturated rings. The monoisotopic (exact) mass is 514 g/mol. The zero-order valence-electron chi connectivity index (χ0n) is 22.8. The quantitative estimate of drug-likeness (QED) is 0.378. The summed E-state index contributed by atoms with van der Waals surface area (Å²) in [5.74, 6) is 0.309. The second-order valence-corrected chi connectivity index (χ2v) is 11.0. The van der Waals surface area contributed by atoms with E-state index in [2.05, 4.69) is 38.9 Å². The van der Waals surface area contributed by atoms with Crippen LogP contribution in [0, 0.1) is 19.8 Å². The van der Waals surface area contributed by atoms with E-state index in [1.54, 1.807) is 18.5 Å². The van der Waals surface area contributed by atoms with Crippen molar-refractivity contribution in [2.24, 2.45) is 20.0 Å². The molecule has 1 saturated heterocycles. The van der Waals surface area contributed by atoms with Crippen molar-refractivity contribution >= 4 is 22.1 Å². The molecule has 10 nitrogen and oxygen atoms in total. The van der Waals surface area contributed by atoms with Gasteiger partial charge in [-0.05, 0) is 69.7 Å². The third kappa shape index (κ3) is 3.82. The van der Waals surface area contributed by atoms with Gasteiger partial charge in [-0.3, -0.25) is 14.6 Å². The van der Waals surface area contributed by atoms with Crippen LogP contribution < -0.4 is 0 Å². The molecule has 5 aromatic rings. The van der Waals surface area contributed by atoms with Crippen molar-refractivity contribution in [3.8, 4) is 11.3 Å². The molecule has 1 N–H and O–H groups in total. The second kappa shape index (κ2) is 8.99. The molecular formula is C28H34N8O2. The summed E-state index contributed by atoms with van der Waals surface area (Å²) in [6.07, 6.45) is 7.56. The molecule has 1 aliphatic heterocycles. The topological polar surface area (TPSA) is 109 Å². The molecule has 6 heterocycles. The molecule has 10 heteroatoms. The number of hydrogen-bond donors (Lipinski definition) is 1. The van der Waals surface area contributed by atoms with Crippen LogP contribution in [-0.4, -0.2) is 57.6 Å². The standard InChI is InChI=1S/C28H34N8O2/c1-16-7-10-29-15-20(16)24(18-8-11-38-12-9-18)36-21-13-19(23-17(2)31-33-35(23)6)14-30-22(21)25-26(36)27(28(3,4)37)32-34(25)5/h7,10,13-15,18,24,37H,8-9,11-12H2,1-6H3. The van der Waals surface area contributed by atoms with Crippen molar-refractivity contribution in [2.45, 2.75) is 52.2 Å². The fourth-order valence-corrected chi connectivity index (χ4v) is 6.05. The minimum absolute atomic E-state index is 0.0410. The van der Waals surface area contributed by atoms with Gasteiger partial charge in [-0.15, -0.1) is 5.10 Å². The summed E-state index contributed by atoms with van der Waals surface area (Å²) in [6.45, 7) is 9.12. The van der Waals surface area contributed by atoms with Gasteiger partial charge in [0.2, 0.25) is 0 Å². The van der Waals surface area contributed by atoms with Gasteiger partial charge in [-0.25, -0.2) is 4.68 Å². The van der Waals surface area contributed by atoms with Crippen LogP contribution in [0.5, 0.6) is 0 Å². The molecule has 0 amide bonds. The summed E-state index contributed by atoms with van der Waals surface area (Å²) in [4.78, 5) is 9.53. The Balaban J connectivity index is 1.75. The van der Waals surface area contributed by atoms with Crippen LogP contribution in [-0.2, 0) is 24.4 Å². The molecule has 5 aromatic heterocycles. The zero-order valence-corrected chi connectivity index (χ0v) is 22.8. The Morgan fingerprint density at radius 3 is 2.50 bits per heavy atom. The summed E-state index contributed by atoms with van der Waals surface area (Å²) < 4.78 is 11.8. The van der Waals surface area contributed by atoms with Crippen molar-refractivity contribution in [1.29, 1.82) is 0 Å². The first-order valence-electron chi connectivity index (χ1n) is 13.1. The Labute approximate surface area is 221 Å². The molecule has 0 bridgehead atoms. The molecule has 6 rings (SSSR count). The van der Waals surface area contributed by atoms with Gasteiger partial charge in [0, 0.05) is 51.5 Å². The molecule has 1 atom stereocenters. The van der Waals surface area contributed by atoms with Crippen molar-refractivity contribution in [3.63, 3.8) is 0 Å². The van der Waals surface area contributed by atoms with Gasteiger partial charge in [-0.2, -0.15) is 5.10 Å². The highest BCUT2D eigenvalue weighted by atomic mass is 16.5.